The van der Waals surface area contributed by atoms with Gasteiger partial charge in [0.15, 0.2) is 0 Å². The van der Waals surface area contributed by atoms with Crippen LogP contribution < -0.4 is 0 Å². The Kier molecular flexibility index (Phi) is 2.84. The number of rotatable bonds is 2. The van der Waals surface area contributed by atoms with E-state index in [1.807, 2.05) is 43.3 Å². The van der Waals surface area contributed by atoms with E-state index in [9.17, 15) is 4.79 Å². The highest BCUT2D eigenvalue weighted by molar-refractivity contribution is 5.85. The lowest BCUT2D eigenvalue weighted by Gasteiger charge is -2.04. The van der Waals surface area contributed by atoms with Crippen LogP contribution >= 0.6 is 0 Å². The average Bonchev–Trinajstić information content (AvgIpc) is 2.47. The molecule has 3 aromatic rings. The van der Waals surface area contributed by atoms with E-state index in [1.54, 1.807) is 0 Å². The molecule has 1 heterocycles. The molecule has 19 heavy (non-hydrogen) atoms. The van der Waals surface area contributed by atoms with Gasteiger partial charge >= 0.3 is 0 Å². The minimum absolute atomic E-state index is 0.696. The summed E-state index contributed by atoms with van der Waals surface area (Å²) >= 11 is 0. The summed E-state index contributed by atoms with van der Waals surface area (Å²) < 4.78 is 0. The van der Waals surface area contributed by atoms with Crippen molar-refractivity contribution in [2.75, 3.05) is 0 Å². The number of carbonyl (C=O) groups is 1. The molecule has 0 spiro atoms. The Hall–Kier alpha value is -2.48. The molecule has 2 nitrogen and oxygen atoms in total. The third-order valence-electron chi connectivity index (χ3n) is 3.21. The molecular formula is C17H13NO. The first-order valence-electron chi connectivity index (χ1n) is 6.19. The number of hydrogen-bond acceptors (Lipinski definition) is 2. The number of aryl methyl sites for hydroxylation is 1. The maximum atomic E-state index is 10.7. The molecule has 0 saturated carbocycles. The van der Waals surface area contributed by atoms with Crippen LogP contribution in [0.1, 0.15) is 16.1 Å². The Morgan fingerprint density at radius 2 is 1.63 bits per heavy atom. The van der Waals surface area contributed by atoms with E-state index in [0.29, 0.717) is 5.56 Å². The minimum atomic E-state index is 0.696. The minimum Gasteiger partial charge on any atom is -0.298 e. The highest BCUT2D eigenvalue weighted by Crippen LogP contribution is 2.24. The van der Waals surface area contributed by atoms with Gasteiger partial charge in [-0.05, 0) is 36.2 Å². The molecule has 0 saturated heterocycles. The van der Waals surface area contributed by atoms with E-state index in [2.05, 4.69) is 23.2 Å². The molecule has 0 aliphatic carbocycles. The van der Waals surface area contributed by atoms with Gasteiger partial charge in [0, 0.05) is 16.6 Å². The molecule has 0 atom stereocenters. The van der Waals surface area contributed by atoms with Crippen LogP contribution in [0, 0.1) is 6.92 Å². The van der Waals surface area contributed by atoms with Crippen LogP contribution in [0.5, 0.6) is 0 Å². The van der Waals surface area contributed by atoms with Crippen molar-refractivity contribution in [3.05, 3.63) is 65.9 Å². The molecule has 1 aromatic heterocycles. The maximum absolute atomic E-state index is 10.7. The van der Waals surface area contributed by atoms with Gasteiger partial charge in [-0.15, -0.1) is 0 Å². The summed E-state index contributed by atoms with van der Waals surface area (Å²) in [5.41, 5.74) is 4.97. The van der Waals surface area contributed by atoms with E-state index in [0.717, 1.165) is 34.0 Å². The second kappa shape index (κ2) is 4.65. The van der Waals surface area contributed by atoms with Crippen LogP contribution in [0.2, 0.25) is 0 Å². The first-order chi connectivity index (χ1) is 9.26. The van der Waals surface area contributed by atoms with E-state index in [-0.39, 0.29) is 0 Å². The lowest BCUT2D eigenvalue weighted by molar-refractivity contribution is 0.112. The molecule has 0 bridgehead atoms. The fraction of sp³-hybridized carbons (Fsp3) is 0.0588. The summed E-state index contributed by atoms with van der Waals surface area (Å²) in [4.78, 5) is 15.1. The highest BCUT2D eigenvalue weighted by Gasteiger charge is 2.01. The number of nitrogens with zero attached hydrogens (tertiary/aromatic N) is 1. The molecule has 0 aliphatic rings. The zero-order chi connectivity index (χ0) is 13.2. The normalized spacial score (nSPS) is 10.6. The number of hydrogen-bond donors (Lipinski definition) is 0. The van der Waals surface area contributed by atoms with Crippen molar-refractivity contribution in [3.8, 4) is 11.1 Å². The number of aldehydes is 1. The van der Waals surface area contributed by atoms with Crippen molar-refractivity contribution in [3.63, 3.8) is 0 Å². The monoisotopic (exact) mass is 247 g/mol. The summed E-state index contributed by atoms with van der Waals surface area (Å²) in [5.74, 6) is 0. The summed E-state index contributed by atoms with van der Waals surface area (Å²) in [5, 5.41) is 1.13. The molecule has 92 valence electrons. The Morgan fingerprint density at radius 3 is 2.37 bits per heavy atom. The smallest absolute Gasteiger partial charge is 0.150 e. The SMILES string of the molecule is Cc1ccc2cc(-c3ccc(C=O)cc3)ccc2n1. The summed E-state index contributed by atoms with van der Waals surface area (Å²) in [6, 6.07) is 17.9. The topological polar surface area (TPSA) is 30.0 Å². The van der Waals surface area contributed by atoms with E-state index >= 15 is 0 Å². The van der Waals surface area contributed by atoms with Crippen LogP contribution in [-0.2, 0) is 0 Å². The van der Waals surface area contributed by atoms with Gasteiger partial charge in [0.25, 0.3) is 0 Å². The van der Waals surface area contributed by atoms with Crippen LogP contribution in [-0.4, -0.2) is 11.3 Å². The summed E-state index contributed by atoms with van der Waals surface area (Å²) in [6.45, 7) is 1.99. The lowest BCUT2D eigenvalue weighted by Crippen LogP contribution is -1.85. The maximum Gasteiger partial charge on any atom is 0.150 e. The van der Waals surface area contributed by atoms with Gasteiger partial charge in [-0.1, -0.05) is 36.4 Å². The second-order valence-corrected chi connectivity index (χ2v) is 4.60. The molecule has 0 radical (unpaired) electrons. The van der Waals surface area contributed by atoms with Crippen molar-refractivity contribution in [1.29, 1.82) is 0 Å². The number of fused-ring (bicyclic) bond motifs is 1. The Bertz CT molecular complexity index is 745. The van der Waals surface area contributed by atoms with Crippen LogP contribution in [0.4, 0.5) is 0 Å². The predicted molar refractivity (Wildman–Crippen MR) is 77.3 cm³/mol. The first kappa shape index (κ1) is 11.6. The van der Waals surface area contributed by atoms with Crippen molar-refractivity contribution in [2.24, 2.45) is 0 Å². The molecule has 0 fully saturated rings. The van der Waals surface area contributed by atoms with Crippen LogP contribution in [0.15, 0.2) is 54.6 Å². The van der Waals surface area contributed by atoms with Gasteiger partial charge in [0.2, 0.25) is 0 Å². The predicted octanol–water partition coefficient (Wildman–Crippen LogP) is 4.02. The van der Waals surface area contributed by atoms with Gasteiger partial charge in [-0.3, -0.25) is 9.78 Å². The van der Waals surface area contributed by atoms with Gasteiger partial charge in [-0.2, -0.15) is 0 Å². The third-order valence-corrected chi connectivity index (χ3v) is 3.21. The third kappa shape index (κ3) is 2.25. The van der Waals surface area contributed by atoms with Gasteiger partial charge in [0.05, 0.1) is 5.52 Å². The summed E-state index contributed by atoms with van der Waals surface area (Å²) in [7, 11) is 0. The van der Waals surface area contributed by atoms with Crippen molar-refractivity contribution in [2.45, 2.75) is 6.92 Å². The van der Waals surface area contributed by atoms with Gasteiger partial charge in [-0.25, -0.2) is 0 Å². The van der Waals surface area contributed by atoms with E-state index < -0.39 is 0 Å². The fourth-order valence-electron chi connectivity index (χ4n) is 2.16. The first-order valence-corrected chi connectivity index (χ1v) is 6.19. The molecule has 0 amide bonds. The largest absolute Gasteiger partial charge is 0.298 e. The lowest BCUT2D eigenvalue weighted by atomic mass is 10.0. The average molecular weight is 247 g/mol. The van der Waals surface area contributed by atoms with Crippen LogP contribution in [0.25, 0.3) is 22.0 Å². The fourth-order valence-corrected chi connectivity index (χ4v) is 2.16. The van der Waals surface area contributed by atoms with Crippen LogP contribution in [0.3, 0.4) is 0 Å². The van der Waals surface area contributed by atoms with Crippen molar-refractivity contribution in [1.82, 2.24) is 4.98 Å². The zero-order valence-corrected chi connectivity index (χ0v) is 10.6. The molecule has 0 N–H and O–H groups in total. The van der Waals surface area contributed by atoms with Crippen molar-refractivity contribution >= 4 is 17.2 Å². The number of aromatic nitrogens is 1. The number of benzene rings is 2. The molecule has 3 rings (SSSR count). The zero-order valence-electron chi connectivity index (χ0n) is 10.6. The molecule has 0 aliphatic heterocycles. The van der Waals surface area contributed by atoms with Gasteiger partial charge in [0.1, 0.15) is 6.29 Å². The highest BCUT2D eigenvalue weighted by atomic mass is 16.1. The van der Waals surface area contributed by atoms with Gasteiger partial charge < -0.3 is 0 Å². The quantitative estimate of drug-likeness (QED) is 0.640. The Morgan fingerprint density at radius 1 is 0.895 bits per heavy atom. The number of pyridine rings is 1. The second-order valence-electron chi connectivity index (χ2n) is 4.60. The molecule has 0 unspecified atom stereocenters. The van der Waals surface area contributed by atoms with E-state index in [1.165, 1.54) is 0 Å². The Balaban J connectivity index is 2.09. The number of carbonyl (C=O) groups excluding carboxylic acids is 1. The Labute approximate surface area is 111 Å². The molecule has 2 aromatic carbocycles. The van der Waals surface area contributed by atoms with E-state index in [4.69, 9.17) is 0 Å². The standard InChI is InChI=1S/C17H13NO/c1-12-2-5-16-10-15(8-9-17(16)18-12)14-6-3-13(11-19)4-7-14/h2-11H,1H3. The summed E-state index contributed by atoms with van der Waals surface area (Å²) in [6.07, 6.45) is 0.858. The molecule has 2 heteroatoms. The van der Waals surface area contributed by atoms with Crippen molar-refractivity contribution < 1.29 is 4.79 Å². The molecular weight excluding hydrogens is 234 g/mol.